The molecule has 1 heterocycles. The number of rotatable bonds is 1. The molecule has 0 fully saturated rings. The lowest BCUT2D eigenvalue weighted by Gasteiger charge is -1.99. The van der Waals surface area contributed by atoms with E-state index in [2.05, 4.69) is 9.97 Å². The summed E-state index contributed by atoms with van der Waals surface area (Å²) in [6.45, 7) is 1.86. The first-order valence-corrected chi connectivity index (χ1v) is 2.83. The molecule has 0 radical (unpaired) electrons. The van der Waals surface area contributed by atoms with Gasteiger partial charge in [0, 0.05) is 12.4 Å². The summed E-state index contributed by atoms with van der Waals surface area (Å²) < 4.78 is 0. The first-order chi connectivity index (χ1) is 4.30. The second-order valence-corrected chi connectivity index (χ2v) is 1.90. The number of hydrogen-bond acceptors (Lipinski definition) is 3. The van der Waals surface area contributed by atoms with E-state index in [1.54, 1.807) is 18.5 Å². The Morgan fingerprint density at radius 2 is 2.00 bits per heavy atom. The van der Waals surface area contributed by atoms with E-state index in [0.29, 0.717) is 5.82 Å². The Morgan fingerprint density at radius 3 is 2.33 bits per heavy atom. The van der Waals surface area contributed by atoms with E-state index in [9.17, 15) is 0 Å². The summed E-state index contributed by atoms with van der Waals surface area (Å²) in [6, 6.07) is 1.71. The summed E-state index contributed by atoms with van der Waals surface area (Å²) in [7, 11) is 0. The van der Waals surface area contributed by atoms with E-state index >= 15 is 0 Å². The Hall–Kier alpha value is -0.960. The van der Waals surface area contributed by atoms with Crippen LogP contribution in [-0.2, 0) is 0 Å². The largest absolute Gasteiger partial charge is 0.322 e. The Balaban J connectivity index is 2.85. The van der Waals surface area contributed by atoms with Crippen LogP contribution < -0.4 is 5.73 Å². The molecule has 0 spiro atoms. The van der Waals surface area contributed by atoms with Gasteiger partial charge in [0.25, 0.3) is 0 Å². The normalized spacial score (nSPS) is 13.1. The maximum absolute atomic E-state index is 5.49. The van der Waals surface area contributed by atoms with Crippen molar-refractivity contribution in [2.45, 2.75) is 13.0 Å². The van der Waals surface area contributed by atoms with Crippen molar-refractivity contribution >= 4 is 0 Å². The molecule has 3 heteroatoms. The van der Waals surface area contributed by atoms with Gasteiger partial charge in [-0.05, 0) is 13.0 Å². The smallest absolute Gasteiger partial charge is 0.144 e. The molecular formula is C6H9N3. The molecule has 3 nitrogen and oxygen atoms in total. The number of hydrogen-bond donors (Lipinski definition) is 1. The fraction of sp³-hybridized carbons (Fsp3) is 0.333. The third kappa shape index (κ3) is 1.47. The molecular weight excluding hydrogens is 114 g/mol. The fourth-order valence-corrected chi connectivity index (χ4v) is 0.546. The monoisotopic (exact) mass is 123 g/mol. The molecule has 1 aromatic heterocycles. The lowest BCUT2D eigenvalue weighted by Crippen LogP contribution is -2.08. The molecule has 0 saturated carbocycles. The average molecular weight is 123 g/mol. The molecule has 1 atom stereocenters. The Morgan fingerprint density at radius 1 is 1.44 bits per heavy atom. The van der Waals surface area contributed by atoms with Crippen LogP contribution in [0.25, 0.3) is 0 Å². The van der Waals surface area contributed by atoms with Crippen molar-refractivity contribution in [3.05, 3.63) is 24.3 Å². The van der Waals surface area contributed by atoms with E-state index in [0.717, 1.165) is 0 Å². The molecule has 1 aromatic rings. The Labute approximate surface area is 53.9 Å². The average Bonchev–Trinajstić information content (AvgIpc) is 1.90. The van der Waals surface area contributed by atoms with Gasteiger partial charge in [-0.25, -0.2) is 9.97 Å². The summed E-state index contributed by atoms with van der Waals surface area (Å²) >= 11 is 0. The molecule has 0 aliphatic rings. The van der Waals surface area contributed by atoms with Gasteiger partial charge in [-0.2, -0.15) is 0 Å². The predicted molar refractivity (Wildman–Crippen MR) is 34.6 cm³/mol. The number of aromatic nitrogens is 2. The molecule has 0 aliphatic heterocycles. The molecule has 1 rings (SSSR count). The van der Waals surface area contributed by atoms with Crippen molar-refractivity contribution < 1.29 is 0 Å². The summed E-state index contributed by atoms with van der Waals surface area (Å²) in [6.07, 6.45) is 3.37. The van der Waals surface area contributed by atoms with E-state index in [-0.39, 0.29) is 6.04 Å². The van der Waals surface area contributed by atoms with E-state index in [1.807, 2.05) is 6.92 Å². The van der Waals surface area contributed by atoms with Crippen LogP contribution >= 0.6 is 0 Å². The fourth-order valence-electron chi connectivity index (χ4n) is 0.546. The third-order valence-corrected chi connectivity index (χ3v) is 0.993. The first kappa shape index (κ1) is 6.16. The van der Waals surface area contributed by atoms with Gasteiger partial charge in [-0.15, -0.1) is 0 Å². The number of nitrogens with two attached hydrogens (primary N) is 1. The van der Waals surface area contributed by atoms with Crippen molar-refractivity contribution in [2.75, 3.05) is 0 Å². The van der Waals surface area contributed by atoms with Crippen LogP contribution in [0.15, 0.2) is 18.5 Å². The first-order valence-electron chi connectivity index (χ1n) is 2.83. The highest BCUT2D eigenvalue weighted by Crippen LogP contribution is 1.97. The highest BCUT2D eigenvalue weighted by atomic mass is 14.9. The third-order valence-electron chi connectivity index (χ3n) is 0.993. The minimum absolute atomic E-state index is 0.0637. The number of nitrogens with zero attached hydrogens (tertiary/aromatic N) is 2. The summed E-state index contributed by atoms with van der Waals surface area (Å²) in [5, 5.41) is 0. The van der Waals surface area contributed by atoms with Crippen LogP contribution in [0.4, 0.5) is 0 Å². The Bertz CT molecular complexity index is 171. The van der Waals surface area contributed by atoms with Crippen LogP contribution in [0.1, 0.15) is 18.8 Å². The van der Waals surface area contributed by atoms with Gasteiger partial charge in [0.1, 0.15) is 5.82 Å². The molecule has 0 bridgehead atoms. The zero-order chi connectivity index (χ0) is 6.69. The van der Waals surface area contributed by atoms with Crippen molar-refractivity contribution in [1.29, 1.82) is 0 Å². The van der Waals surface area contributed by atoms with Crippen LogP contribution in [0.3, 0.4) is 0 Å². The zero-order valence-electron chi connectivity index (χ0n) is 5.28. The topological polar surface area (TPSA) is 51.8 Å². The van der Waals surface area contributed by atoms with Gasteiger partial charge in [0.05, 0.1) is 6.04 Å². The molecule has 48 valence electrons. The van der Waals surface area contributed by atoms with Crippen molar-refractivity contribution in [1.82, 2.24) is 9.97 Å². The van der Waals surface area contributed by atoms with Gasteiger partial charge in [-0.1, -0.05) is 0 Å². The standard InChI is InChI=1S/C6H9N3/c1-5(7)6-8-3-2-4-9-6/h2-5H,7H2,1H3/t5-/m1/s1. The minimum Gasteiger partial charge on any atom is -0.322 e. The zero-order valence-corrected chi connectivity index (χ0v) is 5.28. The van der Waals surface area contributed by atoms with Crippen molar-refractivity contribution in [3.63, 3.8) is 0 Å². The van der Waals surface area contributed by atoms with E-state index in [4.69, 9.17) is 5.73 Å². The molecule has 0 saturated heterocycles. The maximum atomic E-state index is 5.49. The SMILES string of the molecule is C[C@@H](N)c1ncccn1. The van der Waals surface area contributed by atoms with Gasteiger partial charge in [0.15, 0.2) is 0 Å². The van der Waals surface area contributed by atoms with Gasteiger partial charge >= 0.3 is 0 Å². The molecule has 0 aromatic carbocycles. The second kappa shape index (κ2) is 2.55. The van der Waals surface area contributed by atoms with Crippen molar-refractivity contribution in [2.24, 2.45) is 5.73 Å². The van der Waals surface area contributed by atoms with Gasteiger partial charge in [0.2, 0.25) is 0 Å². The highest BCUT2D eigenvalue weighted by molar-refractivity contribution is 4.92. The molecule has 0 aliphatic carbocycles. The Kier molecular flexibility index (Phi) is 1.75. The minimum atomic E-state index is -0.0637. The van der Waals surface area contributed by atoms with Crippen LogP contribution in [0.5, 0.6) is 0 Å². The lowest BCUT2D eigenvalue weighted by molar-refractivity contribution is 0.739. The summed E-state index contributed by atoms with van der Waals surface area (Å²) in [4.78, 5) is 7.88. The molecule has 2 N–H and O–H groups in total. The maximum Gasteiger partial charge on any atom is 0.144 e. The highest BCUT2D eigenvalue weighted by Gasteiger charge is 1.97. The van der Waals surface area contributed by atoms with Crippen molar-refractivity contribution in [3.8, 4) is 0 Å². The van der Waals surface area contributed by atoms with Gasteiger partial charge < -0.3 is 5.73 Å². The summed E-state index contributed by atoms with van der Waals surface area (Å²) in [5.74, 6) is 0.692. The van der Waals surface area contributed by atoms with Gasteiger partial charge in [-0.3, -0.25) is 0 Å². The summed E-state index contributed by atoms with van der Waals surface area (Å²) in [5.41, 5.74) is 5.49. The molecule has 0 amide bonds. The predicted octanol–water partition coefficient (Wildman–Crippen LogP) is 0.496. The second-order valence-electron chi connectivity index (χ2n) is 1.90. The van der Waals surface area contributed by atoms with Crippen LogP contribution in [0.2, 0.25) is 0 Å². The lowest BCUT2D eigenvalue weighted by atomic mass is 10.3. The van der Waals surface area contributed by atoms with Crippen LogP contribution in [0, 0.1) is 0 Å². The quantitative estimate of drug-likeness (QED) is 0.591. The van der Waals surface area contributed by atoms with E-state index in [1.165, 1.54) is 0 Å². The molecule has 9 heavy (non-hydrogen) atoms. The van der Waals surface area contributed by atoms with Crippen LogP contribution in [-0.4, -0.2) is 9.97 Å². The molecule has 0 unspecified atom stereocenters. The van der Waals surface area contributed by atoms with E-state index < -0.39 is 0 Å².